The molecule has 1 aromatic heterocycles. The fourth-order valence-electron chi connectivity index (χ4n) is 1.94. The molecule has 6 heteroatoms. The van der Waals surface area contributed by atoms with Crippen LogP contribution in [0.15, 0.2) is 12.1 Å². The first-order valence-corrected chi connectivity index (χ1v) is 5.86. The minimum Gasteiger partial charge on any atom is -0.369 e. The molecule has 1 saturated heterocycles. The van der Waals surface area contributed by atoms with Gasteiger partial charge in [-0.2, -0.15) is 0 Å². The first-order chi connectivity index (χ1) is 8.25. The first kappa shape index (κ1) is 11.8. The average Bonchev–Trinajstić information content (AvgIpc) is 2.83. The molecule has 1 unspecified atom stereocenters. The van der Waals surface area contributed by atoms with Crippen molar-refractivity contribution in [2.75, 3.05) is 18.4 Å². The Hall–Kier alpha value is -1.69. The maximum absolute atomic E-state index is 10.8. The molecular weight excluding hydrogens is 218 g/mol. The number of nitrogens with one attached hydrogen (secondary N) is 2. The van der Waals surface area contributed by atoms with Crippen LogP contribution in [0.2, 0.25) is 0 Å². The number of aromatic nitrogens is 2. The fourth-order valence-corrected chi connectivity index (χ4v) is 1.94. The molecular formula is C11H17N5O. The average molecular weight is 235 g/mol. The van der Waals surface area contributed by atoms with Gasteiger partial charge in [0.25, 0.3) is 5.91 Å². The lowest BCUT2D eigenvalue weighted by molar-refractivity contribution is 0.0994. The Bertz CT molecular complexity index is 372. The zero-order chi connectivity index (χ0) is 12.1. The van der Waals surface area contributed by atoms with Crippen LogP contribution < -0.4 is 16.4 Å². The van der Waals surface area contributed by atoms with Crippen molar-refractivity contribution in [2.24, 2.45) is 5.73 Å². The third-order valence-electron chi connectivity index (χ3n) is 2.88. The quantitative estimate of drug-likeness (QED) is 0.674. The van der Waals surface area contributed by atoms with Crippen molar-refractivity contribution in [1.29, 1.82) is 0 Å². The molecule has 0 aromatic carbocycles. The number of hydrogen-bond donors (Lipinski definition) is 3. The van der Waals surface area contributed by atoms with Crippen molar-refractivity contribution in [3.8, 4) is 0 Å². The summed E-state index contributed by atoms with van der Waals surface area (Å²) >= 11 is 0. The highest BCUT2D eigenvalue weighted by atomic mass is 16.1. The van der Waals surface area contributed by atoms with Gasteiger partial charge in [0.2, 0.25) is 0 Å². The van der Waals surface area contributed by atoms with E-state index in [-0.39, 0.29) is 5.69 Å². The second-order valence-electron chi connectivity index (χ2n) is 4.18. The number of hydrogen-bond acceptors (Lipinski definition) is 5. The van der Waals surface area contributed by atoms with Gasteiger partial charge >= 0.3 is 0 Å². The van der Waals surface area contributed by atoms with Gasteiger partial charge in [-0.25, -0.2) is 0 Å². The number of nitrogens with two attached hydrogens (primary N) is 1. The zero-order valence-corrected chi connectivity index (χ0v) is 9.65. The highest BCUT2D eigenvalue weighted by molar-refractivity contribution is 5.90. The summed E-state index contributed by atoms with van der Waals surface area (Å²) < 4.78 is 0. The van der Waals surface area contributed by atoms with E-state index in [9.17, 15) is 4.79 Å². The van der Waals surface area contributed by atoms with Gasteiger partial charge < -0.3 is 16.4 Å². The lowest BCUT2D eigenvalue weighted by Crippen LogP contribution is -2.24. The van der Waals surface area contributed by atoms with Gasteiger partial charge in [0.05, 0.1) is 0 Å². The van der Waals surface area contributed by atoms with Crippen LogP contribution in [-0.4, -0.2) is 35.2 Å². The normalized spacial score (nSPS) is 19.2. The van der Waals surface area contributed by atoms with Gasteiger partial charge in [0.1, 0.15) is 5.82 Å². The van der Waals surface area contributed by atoms with E-state index < -0.39 is 5.91 Å². The molecule has 4 N–H and O–H groups in total. The maximum Gasteiger partial charge on any atom is 0.269 e. The van der Waals surface area contributed by atoms with Gasteiger partial charge in [-0.1, -0.05) is 0 Å². The molecule has 1 amide bonds. The largest absolute Gasteiger partial charge is 0.369 e. The topological polar surface area (TPSA) is 92.9 Å². The van der Waals surface area contributed by atoms with E-state index in [0.717, 1.165) is 19.5 Å². The smallest absolute Gasteiger partial charge is 0.269 e. The molecule has 1 aromatic rings. The summed E-state index contributed by atoms with van der Waals surface area (Å²) in [6.07, 6.45) is 3.57. The lowest BCUT2D eigenvalue weighted by Gasteiger charge is -2.10. The van der Waals surface area contributed by atoms with Crippen molar-refractivity contribution in [3.63, 3.8) is 0 Å². The number of nitrogens with zero attached hydrogens (tertiary/aromatic N) is 2. The van der Waals surface area contributed by atoms with E-state index >= 15 is 0 Å². The van der Waals surface area contributed by atoms with Crippen molar-refractivity contribution in [1.82, 2.24) is 15.5 Å². The Morgan fingerprint density at radius 1 is 1.53 bits per heavy atom. The Balaban J connectivity index is 1.76. The van der Waals surface area contributed by atoms with Crippen LogP contribution in [0.4, 0.5) is 5.82 Å². The minimum atomic E-state index is -0.556. The molecule has 1 fully saturated rings. The standard InChI is InChI=1S/C11H17N5O/c12-11(17)9-3-4-10(16-15-9)14-7-5-8-2-1-6-13-8/h3-4,8,13H,1-2,5-7H2,(H2,12,17)(H,14,16). The van der Waals surface area contributed by atoms with Crippen molar-refractivity contribution < 1.29 is 4.79 Å². The van der Waals surface area contributed by atoms with Crippen LogP contribution in [0.3, 0.4) is 0 Å². The molecule has 92 valence electrons. The number of primary amides is 1. The van der Waals surface area contributed by atoms with E-state index in [1.54, 1.807) is 12.1 Å². The van der Waals surface area contributed by atoms with Gasteiger partial charge in [0, 0.05) is 12.6 Å². The molecule has 0 bridgehead atoms. The molecule has 2 rings (SSSR count). The second-order valence-corrected chi connectivity index (χ2v) is 4.18. The molecule has 6 nitrogen and oxygen atoms in total. The molecule has 0 spiro atoms. The Labute approximate surface area is 100.0 Å². The maximum atomic E-state index is 10.8. The van der Waals surface area contributed by atoms with E-state index in [1.807, 2.05) is 0 Å². The predicted molar refractivity (Wildman–Crippen MR) is 64.7 cm³/mol. The minimum absolute atomic E-state index is 0.188. The number of amides is 1. The number of carbonyl (C=O) groups excluding carboxylic acids is 1. The third-order valence-corrected chi connectivity index (χ3v) is 2.88. The monoisotopic (exact) mass is 235 g/mol. The van der Waals surface area contributed by atoms with Crippen LogP contribution in [0, 0.1) is 0 Å². The molecule has 1 aliphatic heterocycles. The summed E-state index contributed by atoms with van der Waals surface area (Å²) in [5, 5.41) is 14.2. The third kappa shape index (κ3) is 3.39. The fraction of sp³-hybridized carbons (Fsp3) is 0.545. The van der Waals surface area contributed by atoms with Gasteiger partial charge in [-0.15, -0.1) is 10.2 Å². The predicted octanol–water partition coefficient (Wildman–Crippen LogP) is 0.129. The van der Waals surface area contributed by atoms with Crippen LogP contribution in [-0.2, 0) is 0 Å². The molecule has 2 heterocycles. The SMILES string of the molecule is NC(=O)c1ccc(NCCC2CCCN2)nn1. The molecule has 0 radical (unpaired) electrons. The van der Waals surface area contributed by atoms with Crippen molar-refractivity contribution in [2.45, 2.75) is 25.3 Å². The highest BCUT2D eigenvalue weighted by Gasteiger charge is 2.13. The molecule has 1 aliphatic rings. The zero-order valence-electron chi connectivity index (χ0n) is 9.65. The Morgan fingerprint density at radius 3 is 3.00 bits per heavy atom. The summed E-state index contributed by atoms with van der Waals surface area (Å²) in [6.45, 7) is 1.97. The molecule has 1 atom stereocenters. The lowest BCUT2D eigenvalue weighted by atomic mass is 10.1. The van der Waals surface area contributed by atoms with Crippen LogP contribution in [0.1, 0.15) is 29.8 Å². The Morgan fingerprint density at radius 2 is 2.41 bits per heavy atom. The van der Waals surface area contributed by atoms with E-state index in [2.05, 4.69) is 20.8 Å². The molecule has 0 aliphatic carbocycles. The van der Waals surface area contributed by atoms with Gasteiger partial charge in [0.15, 0.2) is 5.69 Å². The van der Waals surface area contributed by atoms with Gasteiger partial charge in [-0.05, 0) is 37.9 Å². The van der Waals surface area contributed by atoms with E-state index in [1.165, 1.54) is 12.8 Å². The van der Waals surface area contributed by atoms with Crippen molar-refractivity contribution in [3.05, 3.63) is 17.8 Å². The summed E-state index contributed by atoms with van der Waals surface area (Å²) in [7, 11) is 0. The van der Waals surface area contributed by atoms with Gasteiger partial charge in [-0.3, -0.25) is 4.79 Å². The summed E-state index contributed by atoms with van der Waals surface area (Å²) in [4.78, 5) is 10.8. The van der Waals surface area contributed by atoms with Crippen molar-refractivity contribution >= 4 is 11.7 Å². The Kier molecular flexibility index (Phi) is 3.87. The first-order valence-electron chi connectivity index (χ1n) is 5.86. The number of carbonyl (C=O) groups is 1. The summed E-state index contributed by atoms with van der Waals surface area (Å²) in [6, 6.07) is 3.90. The summed E-state index contributed by atoms with van der Waals surface area (Å²) in [5.41, 5.74) is 5.26. The number of anilines is 1. The van der Waals surface area contributed by atoms with E-state index in [0.29, 0.717) is 11.9 Å². The highest BCUT2D eigenvalue weighted by Crippen LogP contribution is 2.09. The van der Waals surface area contributed by atoms with Crippen LogP contribution in [0.5, 0.6) is 0 Å². The summed E-state index contributed by atoms with van der Waals surface area (Å²) in [5.74, 6) is 0.118. The van der Waals surface area contributed by atoms with E-state index in [4.69, 9.17) is 5.73 Å². The molecule has 0 saturated carbocycles. The number of rotatable bonds is 5. The molecule has 17 heavy (non-hydrogen) atoms. The second kappa shape index (κ2) is 5.58. The van der Waals surface area contributed by atoms with Crippen LogP contribution >= 0.6 is 0 Å². The van der Waals surface area contributed by atoms with Crippen LogP contribution in [0.25, 0.3) is 0 Å².